The zero-order valence-corrected chi connectivity index (χ0v) is 24.3. The van der Waals surface area contributed by atoms with Crippen LogP contribution in [-0.2, 0) is 11.3 Å². The lowest BCUT2D eigenvalue weighted by Gasteiger charge is -2.52. The zero-order valence-electron chi connectivity index (χ0n) is 22.2. The van der Waals surface area contributed by atoms with Gasteiger partial charge in [-0.2, -0.15) is 0 Å². The maximum Gasteiger partial charge on any atom is 0.0286 e. The van der Waals surface area contributed by atoms with E-state index in [1.807, 2.05) is 0 Å². The first-order chi connectivity index (χ1) is 16.0. The van der Waals surface area contributed by atoms with Crippen molar-refractivity contribution in [3.63, 3.8) is 0 Å². The Kier molecular flexibility index (Phi) is 7.96. The minimum Gasteiger partial charge on any atom is -0.310 e. The molecular weight excluding hydrogens is 450 g/mol. The van der Waals surface area contributed by atoms with Crippen molar-refractivity contribution in [3.8, 4) is 11.1 Å². The summed E-state index contributed by atoms with van der Waals surface area (Å²) in [6.45, 7) is 16.9. The van der Waals surface area contributed by atoms with Gasteiger partial charge in [-0.25, -0.2) is 0 Å². The van der Waals surface area contributed by atoms with Crippen LogP contribution in [0.15, 0.2) is 48.5 Å². The first-order valence-electron chi connectivity index (χ1n) is 13.2. The molecule has 0 saturated carbocycles. The summed E-state index contributed by atoms with van der Waals surface area (Å²) >= 11 is 0. The molecule has 186 valence electrons. The van der Waals surface area contributed by atoms with Crippen molar-refractivity contribution in [1.82, 2.24) is 10.6 Å². The van der Waals surface area contributed by atoms with Crippen LogP contribution in [-0.4, -0.2) is 24.7 Å². The van der Waals surface area contributed by atoms with Gasteiger partial charge in [0.15, 0.2) is 0 Å². The molecule has 0 bridgehead atoms. The number of rotatable bonds is 6. The number of hydrogen-bond acceptors (Lipinski definition) is 2. The number of hydrogen-bond donors (Lipinski definition) is 2. The second-order valence-electron chi connectivity index (χ2n) is 12.4. The van der Waals surface area contributed by atoms with E-state index in [4.69, 9.17) is 0 Å². The van der Waals surface area contributed by atoms with E-state index in [1.54, 1.807) is 5.56 Å². The molecule has 3 atom stereocenters. The van der Waals surface area contributed by atoms with Crippen molar-refractivity contribution in [2.45, 2.75) is 90.1 Å². The van der Waals surface area contributed by atoms with Crippen LogP contribution in [0.2, 0.25) is 0 Å². The standard InChI is InChI=1S/C30H46N2P2/c1-28(2,3)30(33,29(4,5)6)25-17-16-23(22-12-8-7-9-13-22)20-24(25)21-34(26-14-10-18-31-26)27-15-11-19-32-27/h7-9,12-13,16-17,20,26-27,31-32H,10-11,14-15,18-19,21,33H2,1-6H3. The predicted octanol–water partition coefficient (Wildman–Crippen LogP) is 7.92. The third kappa shape index (κ3) is 5.18. The Bertz CT molecular complexity index is 916. The monoisotopic (exact) mass is 496 g/mol. The highest BCUT2D eigenvalue weighted by atomic mass is 31.1. The normalized spacial score (nSPS) is 22.8. The van der Waals surface area contributed by atoms with Gasteiger partial charge in [-0.05, 0) is 78.0 Å². The van der Waals surface area contributed by atoms with Crippen molar-refractivity contribution in [3.05, 3.63) is 59.7 Å². The molecular formula is C30H46N2P2. The summed E-state index contributed by atoms with van der Waals surface area (Å²) < 4.78 is 0. The molecule has 0 aliphatic carbocycles. The van der Waals surface area contributed by atoms with Crippen LogP contribution in [0.1, 0.15) is 78.4 Å². The topological polar surface area (TPSA) is 24.1 Å². The smallest absolute Gasteiger partial charge is 0.0286 e. The van der Waals surface area contributed by atoms with Crippen molar-refractivity contribution >= 4 is 17.2 Å². The van der Waals surface area contributed by atoms with E-state index in [2.05, 4.69) is 110 Å². The summed E-state index contributed by atoms with van der Waals surface area (Å²) in [4.78, 5) is 0. The Morgan fingerprint density at radius 1 is 0.794 bits per heavy atom. The average Bonchev–Trinajstić information content (AvgIpc) is 3.50. The highest BCUT2D eigenvalue weighted by Crippen LogP contribution is 2.61. The summed E-state index contributed by atoms with van der Waals surface area (Å²) in [5, 5.41) is 7.77. The van der Waals surface area contributed by atoms with E-state index >= 15 is 0 Å². The molecule has 2 aliphatic rings. The van der Waals surface area contributed by atoms with E-state index in [1.165, 1.54) is 61.6 Å². The molecule has 0 radical (unpaired) electrons. The number of benzene rings is 2. The first-order valence-corrected chi connectivity index (χ1v) is 15.5. The van der Waals surface area contributed by atoms with Gasteiger partial charge in [0, 0.05) is 16.7 Å². The number of nitrogens with one attached hydrogen (secondary N) is 2. The Morgan fingerprint density at radius 3 is 1.82 bits per heavy atom. The summed E-state index contributed by atoms with van der Waals surface area (Å²) in [7, 11) is 3.17. The van der Waals surface area contributed by atoms with Gasteiger partial charge in [-0.3, -0.25) is 0 Å². The summed E-state index contributed by atoms with van der Waals surface area (Å²) in [5.74, 6) is 1.36. The summed E-state index contributed by atoms with van der Waals surface area (Å²) in [6, 6.07) is 18.3. The van der Waals surface area contributed by atoms with E-state index in [9.17, 15) is 0 Å². The Labute approximate surface area is 212 Å². The molecule has 2 aliphatic heterocycles. The van der Waals surface area contributed by atoms with Crippen molar-refractivity contribution < 1.29 is 0 Å². The predicted molar refractivity (Wildman–Crippen MR) is 155 cm³/mol. The molecule has 0 amide bonds. The minimum absolute atomic E-state index is 0.0300. The largest absolute Gasteiger partial charge is 0.310 e. The molecule has 2 N–H and O–H groups in total. The molecule has 2 fully saturated rings. The fourth-order valence-electron chi connectivity index (χ4n) is 6.39. The van der Waals surface area contributed by atoms with Gasteiger partial charge < -0.3 is 10.6 Å². The average molecular weight is 497 g/mol. The SMILES string of the molecule is CC(C)(C)C(P)(c1ccc(-c2ccccc2)cc1CP(C1CCCN1)C1CCCN1)C(C)(C)C. The molecule has 0 spiro atoms. The highest BCUT2D eigenvalue weighted by molar-refractivity contribution is 7.58. The van der Waals surface area contributed by atoms with E-state index in [0.717, 1.165) is 0 Å². The van der Waals surface area contributed by atoms with Crippen molar-refractivity contribution in [2.24, 2.45) is 10.8 Å². The molecule has 2 saturated heterocycles. The van der Waals surface area contributed by atoms with Gasteiger partial charge in [-0.15, -0.1) is 9.24 Å². The Hall–Kier alpha value is -0.780. The second kappa shape index (κ2) is 10.3. The minimum atomic E-state index is -0.187. The molecule has 4 rings (SSSR count). The lowest BCUT2D eigenvalue weighted by molar-refractivity contribution is 0.139. The van der Waals surface area contributed by atoms with Gasteiger partial charge in [0.25, 0.3) is 0 Å². The lowest BCUT2D eigenvalue weighted by Crippen LogP contribution is -2.46. The second-order valence-corrected chi connectivity index (χ2v) is 15.9. The van der Waals surface area contributed by atoms with Crippen molar-refractivity contribution in [1.29, 1.82) is 0 Å². The molecule has 34 heavy (non-hydrogen) atoms. The van der Waals surface area contributed by atoms with E-state index in [0.29, 0.717) is 11.6 Å². The zero-order chi connectivity index (χ0) is 24.6. The Morgan fingerprint density at radius 2 is 1.35 bits per heavy atom. The van der Waals surface area contributed by atoms with Gasteiger partial charge in [0.05, 0.1) is 0 Å². The van der Waals surface area contributed by atoms with Gasteiger partial charge in [-0.1, -0.05) is 98.0 Å². The van der Waals surface area contributed by atoms with E-state index in [-0.39, 0.29) is 23.9 Å². The maximum absolute atomic E-state index is 3.90. The summed E-state index contributed by atoms with van der Waals surface area (Å²) in [5.41, 5.74) is 5.98. The van der Waals surface area contributed by atoms with Crippen LogP contribution in [0.25, 0.3) is 11.1 Å². The van der Waals surface area contributed by atoms with Crippen LogP contribution in [0, 0.1) is 10.8 Å². The fraction of sp³-hybridized carbons (Fsp3) is 0.600. The lowest BCUT2D eigenvalue weighted by atomic mass is 9.61. The van der Waals surface area contributed by atoms with Crippen LogP contribution in [0.4, 0.5) is 0 Å². The maximum atomic E-state index is 3.90. The molecule has 0 aromatic heterocycles. The Balaban J connectivity index is 1.85. The van der Waals surface area contributed by atoms with Crippen LogP contribution in [0.5, 0.6) is 0 Å². The van der Waals surface area contributed by atoms with Crippen LogP contribution < -0.4 is 10.6 Å². The molecule has 2 aromatic carbocycles. The van der Waals surface area contributed by atoms with Gasteiger partial charge in [0.1, 0.15) is 0 Å². The van der Waals surface area contributed by atoms with E-state index < -0.39 is 0 Å². The molecule has 2 aromatic rings. The third-order valence-electron chi connectivity index (χ3n) is 8.23. The quantitative estimate of drug-likeness (QED) is 0.397. The van der Waals surface area contributed by atoms with Gasteiger partial charge >= 0.3 is 0 Å². The molecule has 3 unspecified atom stereocenters. The molecule has 2 nitrogen and oxygen atoms in total. The summed E-state index contributed by atoms with van der Waals surface area (Å²) in [6.07, 6.45) is 6.52. The van der Waals surface area contributed by atoms with Gasteiger partial charge in [0.2, 0.25) is 0 Å². The van der Waals surface area contributed by atoms with Crippen LogP contribution >= 0.6 is 17.2 Å². The molecule has 2 heterocycles. The van der Waals surface area contributed by atoms with Crippen LogP contribution in [0.3, 0.4) is 0 Å². The van der Waals surface area contributed by atoms with Crippen molar-refractivity contribution in [2.75, 3.05) is 13.1 Å². The first kappa shape index (κ1) is 26.3. The highest BCUT2D eigenvalue weighted by Gasteiger charge is 2.49. The molecule has 4 heteroatoms. The fourth-order valence-corrected chi connectivity index (χ4v) is 9.95. The third-order valence-corrected chi connectivity index (χ3v) is 13.5.